The number of carbonyl (C=O) groups excluding carboxylic acids is 3. The summed E-state index contributed by atoms with van der Waals surface area (Å²) in [6, 6.07) is 5.02. The monoisotopic (exact) mass is 455 g/mol. The molecule has 0 saturated carbocycles. The largest absolute Gasteiger partial charge is 0.490 e. The molecule has 0 spiro atoms. The average Bonchev–Trinajstić information content (AvgIpc) is 3.15. The van der Waals surface area contributed by atoms with E-state index in [0.717, 1.165) is 76.5 Å². The van der Waals surface area contributed by atoms with Gasteiger partial charge in [0.15, 0.2) is 0 Å². The van der Waals surface area contributed by atoms with Gasteiger partial charge in [-0.05, 0) is 43.0 Å². The van der Waals surface area contributed by atoms with Gasteiger partial charge in [-0.15, -0.1) is 0 Å². The lowest BCUT2D eigenvalue weighted by Crippen LogP contribution is -2.52. The second kappa shape index (κ2) is 9.79. The van der Waals surface area contributed by atoms with Gasteiger partial charge in [-0.3, -0.25) is 24.6 Å². The summed E-state index contributed by atoms with van der Waals surface area (Å²) in [5.41, 5.74) is 1.51. The van der Waals surface area contributed by atoms with Gasteiger partial charge in [0, 0.05) is 70.9 Å². The van der Waals surface area contributed by atoms with Crippen molar-refractivity contribution in [2.45, 2.75) is 44.4 Å². The van der Waals surface area contributed by atoms with Crippen LogP contribution in [0.3, 0.4) is 0 Å². The summed E-state index contributed by atoms with van der Waals surface area (Å²) >= 11 is 0. The normalized spacial score (nSPS) is 25.3. The lowest BCUT2D eigenvalue weighted by molar-refractivity contribution is -0.136. The van der Waals surface area contributed by atoms with Gasteiger partial charge in [0.05, 0.1) is 0 Å². The number of nitrogens with one attached hydrogen (secondary N) is 2. The SMILES string of the molecule is O=C1CCC(N2Cc3cc(OC4CCN(CCN5CCNCC5)CC4)ccc3C2=O)C(=O)N1. The molecule has 3 saturated heterocycles. The summed E-state index contributed by atoms with van der Waals surface area (Å²) in [5, 5.41) is 5.74. The molecule has 1 atom stereocenters. The van der Waals surface area contributed by atoms with Crippen molar-refractivity contribution in [3.63, 3.8) is 0 Å². The Hall–Kier alpha value is -2.49. The van der Waals surface area contributed by atoms with Crippen molar-refractivity contribution in [2.75, 3.05) is 52.4 Å². The molecule has 4 heterocycles. The van der Waals surface area contributed by atoms with E-state index in [9.17, 15) is 14.4 Å². The van der Waals surface area contributed by atoms with Gasteiger partial charge in [-0.25, -0.2) is 0 Å². The number of hydrogen-bond acceptors (Lipinski definition) is 7. The Kier molecular flexibility index (Phi) is 6.62. The number of nitrogens with zero attached hydrogens (tertiary/aromatic N) is 3. The number of rotatable bonds is 6. The fourth-order valence-electron chi connectivity index (χ4n) is 5.28. The molecule has 9 heteroatoms. The van der Waals surface area contributed by atoms with Gasteiger partial charge in [-0.2, -0.15) is 0 Å². The van der Waals surface area contributed by atoms with E-state index in [1.54, 1.807) is 4.90 Å². The molecule has 0 aromatic heterocycles. The minimum Gasteiger partial charge on any atom is -0.490 e. The first-order valence-electron chi connectivity index (χ1n) is 12.2. The molecule has 0 aliphatic carbocycles. The number of carbonyl (C=O) groups is 3. The number of imide groups is 1. The number of piperidine rings is 2. The molecule has 3 fully saturated rings. The van der Waals surface area contributed by atoms with Crippen molar-refractivity contribution in [1.29, 1.82) is 0 Å². The number of amides is 3. The number of piperazine rings is 1. The number of ether oxygens (including phenoxy) is 1. The van der Waals surface area contributed by atoms with E-state index >= 15 is 0 Å². The predicted octanol–water partition coefficient (Wildman–Crippen LogP) is 0.196. The summed E-state index contributed by atoms with van der Waals surface area (Å²) in [6.07, 6.45) is 2.82. The molecule has 178 valence electrons. The fraction of sp³-hybridized carbons (Fsp3) is 0.625. The predicted molar refractivity (Wildman–Crippen MR) is 122 cm³/mol. The second-order valence-corrected chi connectivity index (χ2v) is 9.47. The Morgan fingerprint density at radius 2 is 1.67 bits per heavy atom. The molecule has 3 amide bonds. The summed E-state index contributed by atoms with van der Waals surface area (Å²) in [5.74, 6) is -0.0201. The van der Waals surface area contributed by atoms with Crippen LogP contribution in [0.15, 0.2) is 18.2 Å². The highest BCUT2D eigenvalue weighted by molar-refractivity contribution is 6.05. The maximum atomic E-state index is 12.8. The van der Waals surface area contributed by atoms with Crippen LogP contribution in [-0.2, 0) is 16.1 Å². The Bertz CT molecular complexity index is 908. The maximum absolute atomic E-state index is 12.8. The summed E-state index contributed by atoms with van der Waals surface area (Å²) in [6.45, 7) is 9.18. The van der Waals surface area contributed by atoms with Gasteiger partial charge < -0.3 is 19.9 Å². The third-order valence-corrected chi connectivity index (χ3v) is 7.27. The van der Waals surface area contributed by atoms with E-state index in [0.29, 0.717) is 18.5 Å². The lowest BCUT2D eigenvalue weighted by Gasteiger charge is -2.34. The molecule has 0 radical (unpaired) electrons. The van der Waals surface area contributed by atoms with E-state index in [1.807, 2.05) is 18.2 Å². The molecule has 1 unspecified atom stereocenters. The first-order valence-corrected chi connectivity index (χ1v) is 12.2. The highest BCUT2D eigenvalue weighted by atomic mass is 16.5. The van der Waals surface area contributed by atoms with Crippen molar-refractivity contribution >= 4 is 17.7 Å². The van der Waals surface area contributed by atoms with Crippen molar-refractivity contribution in [2.24, 2.45) is 0 Å². The Balaban J connectivity index is 1.12. The molecule has 33 heavy (non-hydrogen) atoms. The minimum atomic E-state index is -0.586. The van der Waals surface area contributed by atoms with Crippen LogP contribution >= 0.6 is 0 Å². The van der Waals surface area contributed by atoms with Gasteiger partial charge in [-0.1, -0.05) is 0 Å². The van der Waals surface area contributed by atoms with E-state index in [4.69, 9.17) is 4.74 Å². The molecular formula is C24H33N5O4. The van der Waals surface area contributed by atoms with Gasteiger partial charge in [0.25, 0.3) is 5.91 Å². The highest BCUT2D eigenvalue weighted by Gasteiger charge is 2.39. The number of benzene rings is 1. The van der Waals surface area contributed by atoms with Crippen molar-refractivity contribution in [3.05, 3.63) is 29.3 Å². The van der Waals surface area contributed by atoms with Crippen LogP contribution in [0.4, 0.5) is 0 Å². The van der Waals surface area contributed by atoms with Crippen LogP contribution in [0, 0.1) is 0 Å². The first-order chi connectivity index (χ1) is 16.1. The molecule has 2 N–H and O–H groups in total. The topological polar surface area (TPSA) is 94.2 Å². The standard InChI is InChI=1S/C24H33N5O4/c30-22-4-3-21(23(31)26-22)29-16-17-15-19(1-2-20(17)24(29)32)33-18-5-9-27(10-6-18)13-14-28-11-7-25-8-12-28/h1-2,15,18,21,25H,3-14,16H2,(H,26,30,31). The molecule has 1 aromatic carbocycles. The van der Waals surface area contributed by atoms with E-state index in [1.165, 1.54) is 0 Å². The Morgan fingerprint density at radius 3 is 2.39 bits per heavy atom. The molecular weight excluding hydrogens is 422 g/mol. The molecule has 0 bridgehead atoms. The van der Waals surface area contributed by atoms with E-state index < -0.39 is 6.04 Å². The zero-order valence-corrected chi connectivity index (χ0v) is 19.1. The molecule has 9 nitrogen and oxygen atoms in total. The highest BCUT2D eigenvalue weighted by Crippen LogP contribution is 2.31. The zero-order chi connectivity index (χ0) is 22.8. The van der Waals surface area contributed by atoms with E-state index in [-0.39, 0.29) is 30.2 Å². The van der Waals surface area contributed by atoms with Crippen LogP contribution in [0.2, 0.25) is 0 Å². The Morgan fingerprint density at radius 1 is 0.939 bits per heavy atom. The molecule has 5 rings (SSSR count). The lowest BCUT2D eigenvalue weighted by atomic mass is 10.0. The van der Waals surface area contributed by atoms with Gasteiger partial charge in [0.1, 0.15) is 17.9 Å². The van der Waals surface area contributed by atoms with Crippen LogP contribution < -0.4 is 15.4 Å². The maximum Gasteiger partial charge on any atom is 0.255 e. The second-order valence-electron chi connectivity index (χ2n) is 9.47. The summed E-state index contributed by atoms with van der Waals surface area (Å²) < 4.78 is 6.28. The van der Waals surface area contributed by atoms with Gasteiger partial charge >= 0.3 is 0 Å². The quantitative estimate of drug-likeness (QED) is 0.592. The van der Waals surface area contributed by atoms with Crippen LogP contribution in [0.1, 0.15) is 41.6 Å². The number of fused-ring (bicyclic) bond motifs is 1. The van der Waals surface area contributed by atoms with Crippen LogP contribution in [-0.4, -0.2) is 96.9 Å². The first kappa shape index (κ1) is 22.3. The van der Waals surface area contributed by atoms with Crippen LogP contribution in [0.5, 0.6) is 5.75 Å². The minimum absolute atomic E-state index is 0.149. The molecule has 1 aromatic rings. The summed E-state index contributed by atoms with van der Waals surface area (Å²) in [7, 11) is 0. The molecule has 4 aliphatic rings. The van der Waals surface area contributed by atoms with Crippen molar-refractivity contribution < 1.29 is 19.1 Å². The third-order valence-electron chi connectivity index (χ3n) is 7.27. The Labute approximate surface area is 194 Å². The number of hydrogen-bond donors (Lipinski definition) is 2. The van der Waals surface area contributed by atoms with Crippen molar-refractivity contribution in [1.82, 2.24) is 25.3 Å². The zero-order valence-electron chi connectivity index (χ0n) is 19.1. The fourth-order valence-corrected chi connectivity index (χ4v) is 5.28. The van der Waals surface area contributed by atoms with Crippen molar-refractivity contribution in [3.8, 4) is 5.75 Å². The van der Waals surface area contributed by atoms with Gasteiger partial charge in [0.2, 0.25) is 11.8 Å². The number of likely N-dealkylation sites (tertiary alicyclic amines) is 1. The van der Waals surface area contributed by atoms with Crippen LogP contribution in [0.25, 0.3) is 0 Å². The molecule has 4 aliphatic heterocycles. The average molecular weight is 456 g/mol. The summed E-state index contributed by atoms with van der Waals surface area (Å²) in [4.78, 5) is 43.1. The van der Waals surface area contributed by atoms with E-state index in [2.05, 4.69) is 20.4 Å². The third kappa shape index (κ3) is 5.05. The smallest absolute Gasteiger partial charge is 0.255 e.